The molecule has 3 unspecified atom stereocenters. The number of rotatable bonds is 3. The number of phosphoric ester groups is 1. The van der Waals surface area contributed by atoms with Crippen LogP contribution in [0.25, 0.3) is 0 Å². The van der Waals surface area contributed by atoms with Crippen molar-refractivity contribution in [3.8, 4) is 0 Å². The van der Waals surface area contributed by atoms with Crippen LogP contribution in [0.2, 0.25) is 0 Å². The molecule has 0 bridgehead atoms. The summed E-state index contributed by atoms with van der Waals surface area (Å²) >= 11 is 0. The van der Waals surface area contributed by atoms with Crippen LogP contribution in [0, 0.1) is 0 Å². The molecule has 2 aliphatic rings. The van der Waals surface area contributed by atoms with Gasteiger partial charge in [-0.2, -0.15) is 0 Å². The first-order valence-corrected chi connectivity index (χ1v) is 10.3. The van der Waals surface area contributed by atoms with E-state index in [9.17, 15) is 14.2 Å². The van der Waals surface area contributed by atoms with E-state index in [0.717, 1.165) is 16.8 Å². The zero-order chi connectivity index (χ0) is 20.9. The van der Waals surface area contributed by atoms with E-state index in [0.29, 0.717) is 0 Å². The zero-order valence-corrected chi connectivity index (χ0v) is 17.1. The van der Waals surface area contributed by atoms with Crippen LogP contribution in [0.5, 0.6) is 0 Å². The van der Waals surface area contributed by atoms with E-state index in [1.165, 1.54) is 20.8 Å². The lowest BCUT2D eigenvalue weighted by Gasteiger charge is -2.38. The summed E-state index contributed by atoms with van der Waals surface area (Å²) in [5, 5.41) is 0. The molecule has 0 aliphatic carbocycles. The molecule has 2 aliphatic heterocycles. The Morgan fingerprint density at radius 3 is 2.64 bits per heavy atom. The van der Waals surface area contributed by atoms with E-state index in [4.69, 9.17) is 23.0 Å². The van der Waals surface area contributed by atoms with Gasteiger partial charge < -0.3 is 9.47 Å². The van der Waals surface area contributed by atoms with Gasteiger partial charge in [0.1, 0.15) is 12.2 Å². The Balaban J connectivity index is 1.95. The normalized spacial score (nSPS) is 38.0. The summed E-state index contributed by atoms with van der Waals surface area (Å²) in [5.74, 6) is -1.53. The highest BCUT2D eigenvalue weighted by Gasteiger charge is 2.60. The van der Waals surface area contributed by atoms with Crippen molar-refractivity contribution in [2.75, 3.05) is 6.61 Å². The SMILES string of the molecule is CC(C)OP1(=O)OCC2O[C@@H](n3ccc(=O)[nH]c3=O)[C@@](C)(F)C2OC(C)(C)O1. The Morgan fingerprint density at radius 1 is 1.36 bits per heavy atom. The smallest absolute Gasteiger partial charge is 0.346 e. The second-order valence-corrected chi connectivity index (χ2v) is 9.17. The number of nitrogens with zero attached hydrogens (tertiary/aromatic N) is 1. The second kappa shape index (κ2) is 7.16. The number of fused-ring (bicyclic) bond motifs is 1. The fourth-order valence-corrected chi connectivity index (χ4v) is 4.82. The van der Waals surface area contributed by atoms with Crippen molar-refractivity contribution in [2.45, 2.75) is 70.6 Å². The van der Waals surface area contributed by atoms with Crippen molar-refractivity contribution in [1.82, 2.24) is 9.55 Å². The molecular weight excluding hydrogens is 398 g/mol. The average molecular weight is 422 g/mol. The molecule has 0 amide bonds. The van der Waals surface area contributed by atoms with E-state index < -0.39 is 55.1 Å². The van der Waals surface area contributed by atoms with Crippen molar-refractivity contribution in [3.63, 3.8) is 0 Å². The van der Waals surface area contributed by atoms with Gasteiger partial charge in [-0.05, 0) is 34.6 Å². The fraction of sp³-hybridized carbons (Fsp3) is 0.750. The minimum atomic E-state index is -4.00. The third-order valence-electron chi connectivity index (χ3n) is 4.26. The molecule has 3 heterocycles. The predicted octanol–water partition coefficient (Wildman–Crippen LogP) is 1.86. The number of H-pyrrole nitrogens is 1. The van der Waals surface area contributed by atoms with Gasteiger partial charge in [0.05, 0.1) is 12.7 Å². The molecular formula is C16H24FN2O8P. The molecule has 5 atom stereocenters. The van der Waals surface area contributed by atoms with Gasteiger partial charge in [0.25, 0.3) is 5.56 Å². The third kappa shape index (κ3) is 4.14. The van der Waals surface area contributed by atoms with Gasteiger partial charge in [0.15, 0.2) is 17.7 Å². The third-order valence-corrected chi connectivity index (χ3v) is 6.07. The first kappa shape index (κ1) is 21.4. The van der Waals surface area contributed by atoms with Gasteiger partial charge in [-0.3, -0.25) is 27.9 Å². The van der Waals surface area contributed by atoms with Crippen molar-refractivity contribution in [1.29, 1.82) is 0 Å². The Kier molecular flexibility index (Phi) is 5.46. The van der Waals surface area contributed by atoms with Crippen LogP contribution in [0.4, 0.5) is 4.39 Å². The Labute approximate surface area is 160 Å². The number of hydrogen-bond acceptors (Lipinski definition) is 8. The minimum Gasteiger partial charge on any atom is -0.346 e. The summed E-state index contributed by atoms with van der Waals surface area (Å²) in [6.07, 6.45) is -2.95. The maximum Gasteiger partial charge on any atom is 0.477 e. The zero-order valence-electron chi connectivity index (χ0n) is 16.2. The first-order chi connectivity index (χ1) is 12.8. The summed E-state index contributed by atoms with van der Waals surface area (Å²) in [6, 6.07) is 1.08. The number of nitrogens with one attached hydrogen (secondary N) is 1. The lowest BCUT2D eigenvalue weighted by molar-refractivity contribution is -0.238. The molecule has 0 spiro atoms. The molecule has 2 saturated heterocycles. The average Bonchev–Trinajstić information content (AvgIpc) is 2.74. The van der Waals surface area contributed by atoms with Crippen LogP contribution in [0.15, 0.2) is 21.9 Å². The number of halogens is 1. The quantitative estimate of drug-likeness (QED) is 0.734. The summed E-state index contributed by atoms with van der Waals surface area (Å²) < 4.78 is 57.0. The number of aromatic amines is 1. The van der Waals surface area contributed by atoms with Crippen LogP contribution in [0.3, 0.4) is 0 Å². The van der Waals surface area contributed by atoms with Crippen LogP contribution in [-0.2, 0) is 27.6 Å². The van der Waals surface area contributed by atoms with Crippen LogP contribution >= 0.6 is 7.82 Å². The summed E-state index contributed by atoms with van der Waals surface area (Å²) in [6.45, 7) is 7.08. The van der Waals surface area contributed by atoms with Crippen LogP contribution in [0.1, 0.15) is 40.8 Å². The molecule has 28 heavy (non-hydrogen) atoms. The first-order valence-electron chi connectivity index (χ1n) is 8.80. The fourth-order valence-electron chi connectivity index (χ4n) is 3.24. The molecule has 1 N–H and O–H groups in total. The molecule has 0 saturated carbocycles. The second-order valence-electron chi connectivity index (χ2n) is 7.62. The van der Waals surface area contributed by atoms with E-state index >= 15 is 4.39 Å². The van der Waals surface area contributed by atoms with Gasteiger partial charge in [-0.1, -0.05) is 0 Å². The van der Waals surface area contributed by atoms with Gasteiger partial charge >= 0.3 is 13.5 Å². The molecule has 0 radical (unpaired) electrons. The van der Waals surface area contributed by atoms with Crippen molar-refractivity contribution < 1.29 is 32.0 Å². The van der Waals surface area contributed by atoms with E-state index in [1.54, 1.807) is 13.8 Å². The largest absolute Gasteiger partial charge is 0.477 e. The number of alkyl halides is 1. The molecule has 2 fully saturated rings. The molecule has 3 rings (SSSR count). The number of hydrogen-bond donors (Lipinski definition) is 1. The number of ether oxygens (including phenoxy) is 2. The molecule has 10 nitrogen and oxygen atoms in total. The lowest BCUT2D eigenvalue weighted by Crippen LogP contribution is -2.50. The molecule has 0 aromatic carbocycles. The van der Waals surface area contributed by atoms with Crippen molar-refractivity contribution >= 4 is 7.82 Å². The predicted molar refractivity (Wildman–Crippen MR) is 94.6 cm³/mol. The van der Waals surface area contributed by atoms with Crippen molar-refractivity contribution in [3.05, 3.63) is 33.1 Å². The van der Waals surface area contributed by atoms with Crippen molar-refractivity contribution in [2.24, 2.45) is 0 Å². The molecule has 12 heteroatoms. The number of phosphoric acid groups is 1. The maximum atomic E-state index is 15.7. The lowest BCUT2D eigenvalue weighted by atomic mass is 9.98. The van der Waals surface area contributed by atoms with E-state index in [2.05, 4.69) is 4.98 Å². The van der Waals surface area contributed by atoms with Crippen LogP contribution < -0.4 is 11.2 Å². The van der Waals surface area contributed by atoms with Crippen LogP contribution in [-0.4, -0.2) is 45.9 Å². The van der Waals surface area contributed by atoms with Gasteiger partial charge in [0, 0.05) is 12.3 Å². The summed E-state index contributed by atoms with van der Waals surface area (Å²) in [4.78, 5) is 25.5. The Bertz CT molecular complexity index is 895. The highest BCUT2D eigenvalue weighted by atomic mass is 31.2. The molecule has 1 aromatic heterocycles. The highest BCUT2D eigenvalue weighted by Crippen LogP contribution is 2.57. The monoisotopic (exact) mass is 422 g/mol. The van der Waals surface area contributed by atoms with Gasteiger partial charge in [-0.15, -0.1) is 0 Å². The molecule has 158 valence electrons. The van der Waals surface area contributed by atoms with Gasteiger partial charge in [-0.25, -0.2) is 13.8 Å². The van der Waals surface area contributed by atoms with Gasteiger partial charge in [0.2, 0.25) is 0 Å². The summed E-state index contributed by atoms with van der Waals surface area (Å²) in [5.41, 5.74) is -3.65. The molecule has 1 aromatic rings. The maximum absolute atomic E-state index is 15.7. The van der Waals surface area contributed by atoms with E-state index in [-0.39, 0.29) is 6.61 Å². The van der Waals surface area contributed by atoms with E-state index in [1.807, 2.05) is 0 Å². The Hall–Kier alpha value is -1.36. The highest BCUT2D eigenvalue weighted by molar-refractivity contribution is 7.48. The topological polar surface area (TPSA) is 118 Å². The summed E-state index contributed by atoms with van der Waals surface area (Å²) in [7, 11) is -4.00. The number of aromatic nitrogens is 2. The standard InChI is InChI=1S/C16H24FN2O8P/c1-9(2)26-28(22)23-8-10-12(25-15(3,4)27-28)16(5,17)13(24-10)19-7-6-11(20)18-14(19)21/h6-7,9-10,12-13H,8H2,1-5H3,(H,18,20,21)/t10?,12?,13-,16+,28?/m1/s1. The minimum absolute atomic E-state index is 0.348. The Morgan fingerprint density at radius 2 is 2.04 bits per heavy atom.